The van der Waals surface area contributed by atoms with Crippen molar-refractivity contribution in [3.05, 3.63) is 53.3 Å². The number of amides is 1. The Morgan fingerprint density at radius 3 is 2.55 bits per heavy atom. The first-order valence-corrected chi connectivity index (χ1v) is 9.39. The van der Waals surface area contributed by atoms with E-state index in [-0.39, 0.29) is 18.3 Å². The summed E-state index contributed by atoms with van der Waals surface area (Å²) in [6.45, 7) is 9.96. The van der Waals surface area contributed by atoms with E-state index in [0.29, 0.717) is 29.5 Å². The van der Waals surface area contributed by atoms with E-state index < -0.39 is 23.4 Å². The number of ether oxygens (including phenoxy) is 1. The topological polar surface area (TPSA) is 62.7 Å². The van der Waals surface area contributed by atoms with Gasteiger partial charge >= 0.3 is 6.18 Å². The summed E-state index contributed by atoms with van der Waals surface area (Å²) in [5.74, 6) is -1.03. The van der Waals surface area contributed by atoms with Gasteiger partial charge in [-0.05, 0) is 49.4 Å². The lowest BCUT2D eigenvalue weighted by atomic mass is 10.0. The standard InChI is InChI=1S/C20H23ClF3N3O2/c1-12-10-16(21)4-5-17(12)26-14(3)27-18(20(22,23)24)13(2)19(28)25-11-15-6-8-29-9-7-15/h4-5,10,15,26H,2-3,6-9,11H2,1H3,(H,25,28)/b27-18+. The molecule has 0 atom stereocenters. The summed E-state index contributed by atoms with van der Waals surface area (Å²) in [5.41, 5.74) is -0.957. The van der Waals surface area contributed by atoms with Crippen LogP contribution in [0.15, 0.2) is 47.7 Å². The minimum absolute atomic E-state index is 0.163. The average molecular weight is 430 g/mol. The van der Waals surface area contributed by atoms with Crippen molar-refractivity contribution in [1.82, 2.24) is 5.32 Å². The summed E-state index contributed by atoms with van der Waals surface area (Å²) in [6.07, 6.45) is -3.38. The monoisotopic (exact) mass is 429 g/mol. The van der Waals surface area contributed by atoms with Crippen LogP contribution in [0.4, 0.5) is 18.9 Å². The second-order valence-electron chi connectivity index (χ2n) is 6.73. The molecular weight excluding hydrogens is 407 g/mol. The van der Waals surface area contributed by atoms with Gasteiger partial charge in [0.05, 0.1) is 5.57 Å². The van der Waals surface area contributed by atoms with Crippen LogP contribution in [0.25, 0.3) is 0 Å². The smallest absolute Gasteiger partial charge is 0.381 e. The van der Waals surface area contributed by atoms with Gasteiger partial charge in [-0.25, -0.2) is 4.99 Å². The molecule has 0 radical (unpaired) electrons. The van der Waals surface area contributed by atoms with Crippen LogP contribution in [0.2, 0.25) is 5.02 Å². The van der Waals surface area contributed by atoms with E-state index in [4.69, 9.17) is 16.3 Å². The summed E-state index contributed by atoms with van der Waals surface area (Å²) in [7, 11) is 0. The third-order valence-electron chi connectivity index (χ3n) is 4.43. The molecule has 1 aliphatic heterocycles. The fourth-order valence-corrected chi connectivity index (χ4v) is 3.02. The summed E-state index contributed by atoms with van der Waals surface area (Å²) in [6, 6.07) is 4.83. The number of hydrogen-bond donors (Lipinski definition) is 2. The molecule has 5 nitrogen and oxygen atoms in total. The van der Waals surface area contributed by atoms with Crippen LogP contribution in [-0.2, 0) is 9.53 Å². The maximum atomic E-state index is 13.5. The first kappa shape index (κ1) is 23.0. The summed E-state index contributed by atoms with van der Waals surface area (Å²) < 4.78 is 45.7. The molecule has 0 unspecified atom stereocenters. The third kappa shape index (κ3) is 6.90. The Bertz CT molecular complexity index is 816. The molecule has 29 heavy (non-hydrogen) atoms. The minimum Gasteiger partial charge on any atom is -0.381 e. The van der Waals surface area contributed by atoms with E-state index >= 15 is 0 Å². The number of carbonyl (C=O) groups is 1. The Morgan fingerprint density at radius 2 is 1.97 bits per heavy atom. The molecule has 1 aromatic rings. The van der Waals surface area contributed by atoms with Gasteiger partial charge in [-0.3, -0.25) is 4.79 Å². The molecule has 2 rings (SSSR count). The van der Waals surface area contributed by atoms with Crippen LogP contribution >= 0.6 is 11.6 Å². The summed E-state index contributed by atoms with van der Waals surface area (Å²) in [5, 5.41) is 5.69. The quantitative estimate of drug-likeness (QED) is 0.490. The SMILES string of the molecule is C=C(/N=C(\C(=C)C(=O)NCC1CCOCC1)C(F)(F)F)Nc1ccc(Cl)cc1C. The second-order valence-corrected chi connectivity index (χ2v) is 7.17. The molecule has 0 aliphatic carbocycles. The molecule has 1 heterocycles. The van der Waals surface area contributed by atoms with Crippen molar-refractivity contribution in [1.29, 1.82) is 0 Å². The number of rotatable bonds is 7. The highest BCUT2D eigenvalue weighted by molar-refractivity contribution is 6.30. The van der Waals surface area contributed by atoms with Crippen LogP contribution in [0.1, 0.15) is 18.4 Å². The van der Waals surface area contributed by atoms with Gasteiger partial charge in [0.1, 0.15) is 5.82 Å². The lowest BCUT2D eigenvalue weighted by molar-refractivity contribution is -0.118. The fourth-order valence-electron chi connectivity index (χ4n) is 2.79. The molecule has 0 spiro atoms. The van der Waals surface area contributed by atoms with Gasteiger partial charge in [0.2, 0.25) is 0 Å². The Balaban J connectivity index is 2.09. The predicted octanol–water partition coefficient (Wildman–Crippen LogP) is 4.63. The van der Waals surface area contributed by atoms with Gasteiger partial charge in [-0.2, -0.15) is 13.2 Å². The van der Waals surface area contributed by atoms with Crippen LogP contribution in [-0.4, -0.2) is 37.6 Å². The molecule has 0 saturated carbocycles. The molecule has 1 fully saturated rings. The molecule has 0 aromatic heterocycles. The van der Waals surface area contributed by atoms with Crippen molar-refractivity contribution in [3.8, 4) is 0 Å². The summed E-state index contributed by atoms with van der Waals surface area (Å²) in [4.78, 5) is 15.7. The van der Waals surface area contributed by atoms with Crippen molar-refractivity contribution in [2.75, 3.05) is 25.1 Å². The average Bonchev–Trinajstić information content (AvgIpc) is 2.66. The first-order chi connectivity index (χ1) is 13.6. The lowest BCUT2D eigenvalue weighted by Crippen LogP contribution is -2.37. The van der Waals surface area contributed by atoms with Crippen LogP contribution < -0.4 is 10.6 Å². The first-order valence-electron chi connectivity index (χ1n) is 9.01. The van der Waals surface area contributed by atoms with Gasteiger partial charge in [-0.1, -0.05) is 24.8 Å². The van der Waals surface area contributed by atoms with E-state index in [0.717, 1.165) is 12.8 Å². The third-order valence-corrected chi connectivity index (χ3v) is 4.67. The van der Waals surface area contributed by atoms with E-state index in [1.54, 1.807) is 25.1 Å². The Hall–Kier alpha value is -2.32. The number of anilines is 1. The molecule has 2 N–H and O–H groups in total. The second kappa shape index (κ2) is 9.93. The van der Waals surface area contributed by atoms with Crippen molar-refractivity contribution in [2.24, 2.45) is 10.9 Å². The molecule has 158 valence electrons. The molecule has 1 amide bonds. The number of alkyl halides is 3. The molecular formula is C20H23ClF3N3O2. The number of aliphatic imine (C=N–C) groups is 1. The number of benzene rings is 1. The van der Waals surface area contributed by atoms with E-state index in [2.05, 4.69) is 28.8 Å². The maximum Gasteiger partial charge on any atom is 0.434 e. The van der Waals surface area contributed by atoms with Gasteiger partial charge in [-0.15, -0.1) is 0 Å². The summed E-state index contributed by atoms with van der Waals surface area (Å²) >= 11 is 5.87. The van der Waals surface area contributed by atoms with Gasteiger partial charge in [0.25, 0.3) is 5.91 Å². The van der Waals surface area contributed by atoms with Crippen molar-refractivity contribution in [2.45, 2.75) is 25.9 Å². The lowest BCUT2D eigenvalue weighted by Gasteiger charge is -2.22. The number of aryl methyl sites for hydroxylation is 1. The Morgan fingerprint density at radius 1 is 1.31 bits per heavy atom. The number of halogens is 4. The predicted molar refractivity (Wildman–Crippen MR) is 108 cm³/mol. The van der Waals surface area contributed by atoms with Gasteiger partial charge in [0, 0.05) is 30.5 Å². The van der Waals surface area contributed by atoms with E-state index in [1.807, 2.05) is 0 Å². The Labute approximate surface area is 172 Å². The number of nitrogens with zero attached hydrogens (tertiary/aromatic N) is 1. The zero-order valence-electron chi connectivity index (χ0n) is 16.0. The van der Waals surface area contributed by atoms with E-state index in [1.165, 1.54) is 0 Å². The van der Waals surface area contributed by atoms with Gasteiger partial charge in [0.15, 0.2) is 5.71 Å². The molecule has 1 saturated heterocycles. The number of hydrogen-bond acceptors (Lipinski definition) is 4. The fraction of sp³-hybridized carbons (Fsp3) is 0.400. The van der Waals surface area contributed by atoms with E-state index in [9.17, 15) is 18.0 Å². The van der Waals surface area contributed by atoms with Crippen LogP contribution in [0.5, 0.6) is 0 Å². The zero-order chi connectivity index (χ0) is 21.6. The molecule has 1 aromatic carbocycles. The Kier molecular flexibility index (Phi) is 7.87. The van der Waals surface area contributed by atoms with Crippen molar-refractivity contribution < 1.29 is 22.7 Å². The molecule has 9 heteroatoms. The number of carbonyl (C=O) groups excluding carboxylic acids is 1. The largest absolute Gasteiger partial charge is 0.434 e. The highest BCUT2D eigenvalue weighted by Gasteiger charge is 2.40. The highest BCUT2D eigenvalue weighted by Crippen LogP contribution is 2.25. The van der Waals surface area contributed by atoms with Crippen LogP contribution in [0.3, 0.4) is 0 Å². The van der Waals surface area contributed by atoms with Crippen molar-refractivity contribution in [3.63, 3.8) is 0 Å². The van der Waals surface area contributed by atoms with Crippen molar-refractivity contribution >= 4 is 28.9 Å². The normalized spacial score (nSPS) is 15.7. The van der Waals surface area contributed by atoms with Crippen LogP contribution in [0, 0.1) is 12.8 Å². The molecule has 0 bridgehead atoms. The molecule has 1 aliphatic rings. The minimum atomic E-state index is -4.87. The number of nitrogens with one attached hydrogen (secondary N) is 2. The maximum absolute atomic E-state index is 13.5. The zero-order valence-corrected chi connectivity index (χ0v) is 16.8. The van der Waals surface area contributed by atoms with Gasteiger partial charge < -0.3 is 15.4 Å². The highest BCUT2D eigenvalue weighted by atomic mass is 35.5.